The Morgan fingerprint density at radius 2 is 2.14 bits per heavy atom. The van der Waals surface area contributed by atoms with Gasteiger partial charge in [-0.05, 0) is 41.6 Å². The van der Waals surface area contributed by atoms with Crippen molar-refractivity contribution < 1.29 is 9.53 Å². The minimum absolute atomic E-state index is 0.128. The summed E-state index contributed by atoms with van der Waals surface area (Å²) >= 11 is 2.17. The van der Waals surface area contributed by atoms with Gasteiger partial charge in [0.25, 0.3) is 5.91 Å². The molecule has 1 rings (SSSR count). The third-order valence-electron chi connectivity index (χ3n) is 1.85. The molecule has 1 aromatic carbocycles. The number of hydrogen-bond acceptors (Lipinski definition) is 2. The number of amides is 1. The molecule has 1 amide bonds. The van der Waals surface area contributed by atoms with E-state index in [1.54, 1.807) is 6.92 Å². The maximum Gasteiger partial charge on any atom is 0.253 e. The highest BCUT2D eigenvalue weighted by molar-refractivity contribution is 14.1. The van der Waals surface area contributed by atoms with E-state index in [1.807, 2.05) is 24.3 Å². The van der Waals surface area contributed by atoms with Gasteiger partial charge in [-0.15, -0.1) is 0 Å². The van der Waals surface area contributed by atoms with Crippen molar-refractivity contribution in [2.75, 3.05) is 12.4 Å². The molecule has 1 aromatic rings. The molecule has 0 fully saturated rings. The highest BCUT2D eigenvalue weighted by atomic mass is 127. The van der Waals surface area contributed by atoms with E-state index in [0.29, 0.717) is 0 Å². The van der Waals surface area contributed by atoms with Gasteiger partial charge in [-0.2, -0.15) is 0 Å². The smallest absolute Gasteiger partial charge is 0.253 e. The summed E-state index contributed by atoms with van der Waals surface area (Å²) in [6.45, 7) is 1.71. The summed E-state index contributed by atoms with van der Waals surface area (Å²) in [6, 6.07) is 7.61. The predicted molar refractivity (Wildman–Crippen MR) is 64.3 cm³/mol. The van der Waals surface area contributed by atoms with Crippen LogP contribution in [0.2, 0.25) is 0 Å². The van der Waals surface area contributed by atoms with Crippen LogP contribution in [-0.2, 0) is 9.53 Å². The Labute approximate surface area is 97.0 Å². The first-order chi connectivity index (χ1) is 6.65. The molecule has 0 aliphatic carbocycles. The molecule has 0 aliphatic heterocycles. The van der Waals surface area contributed by atoms with Gasteiger partial charge in [0.05, 0.1) is 5.69 Å². The van der Waals surface area contributed by atoms with Crippen molar-refractivity contribution in [3.8, 4) is 0 Å². The number of rotatable bonds is 3. The number of carbonyl (C=O) groups excluding carboxylic acids is 1. The molecule has 0 bridgehead atoms. The number of para-hydroxylation sites is 1. The zero-order chi connectivity index (χ0) is 10.6. The number of hydrogen-bond donors (Lipinski definition) is 1. The zero-order valence-corrected chi connectivity index (χ0v) is 10.2. The molecule has 0 aliphatic rings. The topological polar surface area (TPSA) is 38.3 Å². The summed E-state index contributed by atoms with van der Waals surface area (Å²) in [5.74, 6) is -0.128. The first-order valence-corrected chi connectivity index (χ1v) is 5.31. The van der Waals surface area contributed by atoms with E-state index in [2.05, 4.69) is 27.9 Å². The van der Waals surface area contributed by atoms with E-state index in [1.165, 1.54) is 7.11 Å². The molecule has 1 unspecified atom stereocenters. The van der Waals surface area contributed by atoms with Crippen molar-refractivity contribution in [1.82, 2.24) is 0 Å². The maximum absolute atomic E-state index is 11.5. The van der Waals surface area contributed by atoms with Crippen molar-refractivity contribution >= 4 is 34.2 Å². The van der Waals surface area contributed by atoms with Crippen LogP contribution < -0.4 is 5.32 Å². The molecule has 0 saturated carbocycles. The molecular formula is C10H12INO2. The molecule has 4 heteroatoms. The quantitative estimate of drug-likeness (QED) is 0.870. The third-order valence-corrected chi connectivity index (χ3v) is 2.80. The lowest BCUT2D eigenvalue weighted by atomic mass is 10.3. The molecule has 1 atom stereocenters. The molecule has 0 saturated heterocycles. The average molecular weight is 305 g/mol. The lowest BCUT2D eigenvalue weighted by Gasteiger charge is -2.11. The Hall–Kier alpha value is -0.620. The second-order valence-corrected chi connectivity index (χ2v) is 4.01. The number of nitrogens with one attached hydrogen (secondary N) is 1. The standard InChI is InChI=1S/C10H12INO2/c1-7(14-2)10(13)12-9-6-4-3-5-8(9)11/h3-7H,1-2H3,(H,12,13). The highest BCUT2D eigenvalue weighted by Crippen LogP contribution is 2.17. The fraction of sp³-hybridized carbons (Fsp3) is 0.300. The normalized spacial score (nSPS) is 12.2. The zero-order valence-electron chi connectivity index (χ0n) is 8.08. The van der Waals surface area contributed by atoms with Crippen molar-refractivity contribution in [3.05, 3.63) is 27.8 Å². The summed E-state index contributed by atoms with van der Waals surface area (Å²) in [4.78, 5) is 11.5. The van der Waals surface area contributed by atoms with Gasteiger partial charge in [0.1, 0.15) is 6.10 Å². The lowest BCUT2D eigenvalue weighted by molar-refractivity contribution is -0.124. The second kappa shape index (κ2) is 5.31. The largest absolute Gasteiger partial charge is 0.372 e. The Kier molecular flexibility index (Phi) is 4.34. The first kappa shape index (κ1) is 11.5. The highest BCUT2D eigenvalue weighted by Gasteiger charge is 2.12. The number of halogens is 1. The minimum Gasteiger partial charge on any atom is -0.372 e. The molecule has 3 nitrogen and oxygen atoms in total. The van der Waals surface area contributed by atoms with E-state index in [-0.39, 0.29) is 5.91 Å². The molecule has 0 aromatic heterocycles. The predicted octanol–water partition coefficient (Wildman–Crippen LogP) is 2.26. The van der Waals surface area contributed by atoms with Crippen LogP contribution in [0.15, 0.2) is 24.3 Å². The van der Waals surface area contributed by atoms with Crippen LogP contribution in [0, 0.1) is 3.57 Å². The van der Waals surface area contributed by atoms with Crippen molar-refractivity contribution in [2.45, 2.75) is 13.0 Å². The second-order valence-electron chi connectivity index (χ2n) is 2.85. The van der Waals surface area contributed by atoms with Gasteiger partial charge in [0.2, 0.25) is 0 Å². The summed E-state index contributed by atoms with van der Waals surface area (Å²) in [5, 5.41) is 2.79. The average Bonchev–Trinajstić information content (AvgIpc) is 2.20. The van der Waals surface area contributed by atoms with Crippen LogP contribution in [-0.4, -0.2) is 19.1 Å². The van der Waals surface area contributed by atoms with E-state index < -0.39 is 6.10 Å². The number of anilines is 1. The number of carbonyl (C=O) groups is 1. The minimum atomic E-state index is -0.425. The Bertz CT molecular complexity index is 328. The van der Waals surface area contributed by atoms with Crippen molar-refractivity contribution in [1.29, 1.82) is 0 Å². The number of methoxy groups -OCH3 is 1. The number of benzene rings is 1. The molecule has 1 N–H and O–H groups in total. The van der Waals surface area contributed by atoms with Crippen LogP contribution in [0.5, 0.6) is 0 Å². The SMILES string of the molecule is COC(C)C(=O)Nc1ccccc1I. The molecule has 14 heavy (non-hydrogen) atoms. The maximum atomic E-state index is 11.5. The summed E-state index contributed by atoms with van der Waals surface area (Å²) in [7, 11) is 1.51. The van der Waals surface area contributed by atoms with Gasteiger partial charge in [-0.25, -0.2) is 0 Å². The van der Waals surface area contributed by atoms with Crippen LogP contribution >= 0.6 is 22.6 Å². The van der Waals surface area contributed by atoms with Gasteiger partial charge in [0.15, 0.2) is 0 Å². The Morgan fingerprint density at radius 1 is 1.50 bits per heavy atom. The molecule has 0 heterocycles. The van der Waals surface area contributed by atoms with E-state index in [9.17, 15) is 4.79 Å². The van der Waals surface area contributed by atoms with Gasteiger partial charge in [0, 0.05) is 10.7 Å². The Balaban J connectivity index is 2.70. The molecule has 76 valence electrons. The van der Waals surface area contributed by atoms with Crippen LogP contribution in [0.4, 0.5) is 5.69 Å². The summed E-state index contributed by atoms with van der Waals surface area (Å²) < 4.78 is 5.93. The molecule has 0 spiro atoms. The van der Waals surface area contributed by atoms with Crippen molar-refractivity contribution in [3.63, 3.8) is 0 Å². The van der Waals surface area contributed by atoms with E-state index >= 15 is 0 Å². The van der Waals surface area contributed by atoms with Gasteiger partial charge in [-0.1, -0.05) is 12.1 Å². The van der Waals surface area contributed by atoms with Crippen LogP contribution in [0.25, 0.3) is 0 Å². The number of ether oxygens (including phenoxy) is 1. The van der Waals surface area contributed by atoms with E-state index in [4.69, 9.17) is 4.74 Å². The molecular weight excluding hydrogens is 293 g/mol. The monoisotopic (exact) mass is 305 g/mol. The van der Waals surface area contributed by atoms with Gasteiger partial charge >= 0.3 is 0 Å². The third kappa shape index (κ3) is 2.95. The summed E-state index contributed by atoms with van der Waals surface area (Å²) in [6.07, 6.45) is -0.425. The van der Waals surface area contributed by atoms with Crippen molar-refractivity contribution in [2.24, 2.45) is 0 Å². The van der Waals surface area contributed by atoms with Crippen LogP contribution in [0.3, 0.4) is 0 Å². The van der Waals surface area contributed by atoms with Gasteiger partial charge < -0.3 is 10.1 Å². The fourth-order valence-electron chi connectivity index (χ4n) is 0.904. The summed E-state index contributed by atoms with van der Waals surface area (Å²) in [5.41, 5.74) is 0.821. The van der Waals surface area contributed by atoms with Crippen LogP contribution in [0.1, 0.15) is 6.92 Å². The lowest BCUT2D eigenvalue weighted by Crippen LogP contribution is -2.26. The first-order valence-electron chi connectivity index (χ1n) is 4.23. The van der Waals surface area contributed by atoms with Gasteiger partial charge in [-0.3, -0.25) is 4.79 Å². The van der Waals surface area contributed by atoms with E-state index in [0.717, 1.165) is 9.26 Å². The molecule has 0 radical (unpaired) electrons. The fourth-order valence-corrected chi connectivity index (χ4v) is 1.43. The Morgan fingerprint density at radius 3 is 2.71 bits per heavy atom.